The molecule has 2 heterocycles. The molecule has 1 unspecified atom stereocenters. The lowest BCUT2D eigenvalue weighted by Gasteiger charge is -2.20. The van der Waals surface area contributed by atoms with Crippen molar-refractivity contribution in [3.8, 4) is 11.5 Å². The van der Waals surface area contributed by atoms with Crippen molar-refractivity contribution in [1.82, 2.24) is 15.3 Å². The van der Waals surface area contributed by atoms with Crippen molar-refractivity contribution in [1.29, 1.82) is 0 Å². The standard InChI is InChI=1S/C23H28N6O2/c1-15-5-7-19-18(11-15)16(2)26-23(27-19)28-22-24-13-29(14-25-22)10-9-17-6-8-20(30-3)21(12-17)31-4/h5-8,11-12H,9-10,13-14H2,1-4H3,(H2,24,25,26,27,28)/p+2. The Balaban J connectivity index is 1.35. The van der Waals surface area contributed by atoms with Gasteiger partial charge in [-0.05, 0) is 43.7 Å². The number of aromatic nitrogens is 2. The molecular formula is C23H30N6O2+2. The molecule has 4 N–H and O–H groups in total. The minimum Gasteiger partial charge on any atom is -0.493 e. The van der Waals surface area contributed by atoms with Gasteiger partial charge in [0.25, 0.3) is 5.95 Å². The van der Waals surface area contributed by atoms with Gasteiger partial charge in [0.05, 0.1) is 32.0 Å². The predicted octanol–water partition coefficient (Wildman–Crippen LogP) is -0.242. The molecule has 0 spiro atoms. The number of hydrogen-bond donors (Lipinski definition) is 4. The minimum absolute atomic E-state index is 0.595. The highest BCUT2D eigenvalue weighted by Gasteiger charge is 2.21. The zero-order chi connectivity index (χ0) is 21.8. The van der Waals surface area contributed by atoms with Gasteiger partial charge in [-0.15, -0.1) is 0 Å². The van der Waals surface area contributed by atoms with Crippen LogP contribution in [0.1, 0.15) is 16.8 Å². The summed E-state index contributed by atoms with van der Waals surface area (Å²) in [6.07, 6.45) is 0.953. The van der Waals surface area contributed by atoms with Crippen LogP contribution in [0, 0.1) is 13.8 Å². The second-order valence-electron chi connectivity index (χ2n) is 7.80. The summed E-state index contributed by atoms with van der Waals surface area (Å²) in [4.78, 5) is 14.1. The molecular weight excluding hydrogens is 392 g/mol. The molecule has 31 heavy (non-hydrogen) atoms. The molecule has 1 atom stereocenters. The third kappa shape index (κ3) is 4.86. The van der Waals surface area contributed by atoms with Crippen LogP contribution in [-0.2, 0) is 6.42 Å². The number of guanidine groups is 1. The number of quaternary nitrogens is 1. The van der Waals surface area contributed by atoms with Crippen molar-refractivity contribution in [2.75, 3.05) is 39.4 Å². The fraction of sp³-hybridized carbons (Fsp3) is 0.348. The Morgan fingerprint density at radius 1 is 1.06 bits per heavy atom. The Kier molecular flexibility index (Phi) is 6.18. The summed E-state index contributed by atoms with van der Waals surface area (Å²) in [6.45, 7) is 6.72. The predicted molar refractivity (Wildman–Crippen MR) is 121 cm³/mol. The Morgan fingerprint density at radius 3 is 2.65 bits per heavy atom. The van der Waals surface area contributed by atoms with Crippen molar-refractivity contribution >= 4 is 22.8 Å². The average molecular weight is 423 g/mol. The van der Waals surface area contributed by atoms with Crippen LogP contribution in [0.4, 0.5) is 5.95 Å². The Bertz CT molecular complexity index is 1110. The van der Waals surface area contributed by atoms with Gasteiger partial charge in [0, 0.05) is 11.8 Å². The monoisotopic (exact) mass is 422 g/mol. The Labute approximate surface area is 182 Å². The molecule has 8 nitrogen and oxygen atoms in total. The second-order valence-corrected chi connectivity index (χ2v) is 7.80. The van der Waals surface area contributed by atoms with Gasteiger partial charge in [0.2, 0.25) is 0 Å². The average Bonchev–Trinajstić information content (AvgIpc) is 2.79. The van der Waals surface area contributed by atoms with Crippen molar-refractivity contribution in [3.05, 3.63) is 53.2 Å². The molecule has 0 fully saturated rings. The van der Waals surface area contributed by atoms with Crippen LogP contribution >= 0.6 is 0 Å². The van der Waals surface area contributed by atoms with Crippen LogP contribution in [0.2, 0.25) is 0 Å². The third-order valence-electron chi connectivity index (χ3n) is 5.52. The van der Waals surface area contributed by atoms with Gasteiger partial charge in [0.15, 0.2) is 24.8 Å². The topological polar surface area (TPSA) is 86.7 Å². The van der Waals surface area contributed by atoms with Gasteiger partial charge in [-0.1, -0.05) is 17.7 Å². The quantitative estimate of drug-likeness (QED) is 0.439. The van der Waals surface area contributed by atoms with Gasteiger partial charge in [-0.25, -0.2) is 20.6 Å². The molecule has 3 aromatic rings. The van der Waals surface area contributed by atoms with Gasteiger partial charge in [0.1, 0.15) is 0 Å². The number of rotatable bonds is 6. The van der Waals surface area contributed by atoms with E-state index in [0.717, 1.165) is 60.4 Å². The first-order chi connectivity index (χ1) is 15.1. The third-order valence-corrected chi connectivity index (χ3v) is 5.52. The van der Waals surface area contributed by atoms with Crippen molar-refractivity contribution in [2.45, 2.75) is 20.3 Å². The number of ether oxygens (including phenoxy) is 2. The van der Waals surface area contributed by atoms with E-state index in [1.807, 2.05) is 25.1 Å². The van der Waals surface area contributed by atoms with Crippen molar-refractivity contribution in [2.24, 2.45) is 0 Å². The van der Waals surface area contributed by atoms with E-state index in [2.05, 4.69) is 50.7 Å². The molecule has 0 radical (unpaired) electrons. The highest BCUT2D eigenvalue weighted by molar-refractivity contribution is 5.89. The normalized spacial score (nSPS) is 15.9. The molecule has 8 heteroatoms. The fourth-order valence-electron chi connectivity index (χ4n) is 3.74. The maximum Gasteiger partial charge on any atom is 0.359 e. The fourth-order valence-corrected chi connectivity index (χ4v) is 3.74. The number of hydrogen-bond acceptors (Lipinski definition) is 6. The number of methoxy groups -OCH3 is 2. The maximum absolute atomic E-state index is 5.40. The molecule has 0 saturated carbocycles. The number of nitrogens with zero attached hydrogens (tertiary/aromatic N) is 2. The second kappa shape index (κ2) is 9.18. The molecule has 2 aromatic carbocycles. The molecule has 0 saturated heterocycles. The molecule has 1 aliphatic rings. The van der Waals surface area contributed by atoms with Gasteiger partial charge < -0.3 is 9.47 Å². The number of anilines is 1. The number of nitrogens with one attached hydrogen (secondary N) is 4. The van der Waals surface area contributed by atoms with Crippen molar-refractivity contribution < 1.29 is 19.4 Å². The lowest BCUT2D eigenvalue weighted by atomic mass is 10.1. The van der Waals surface area contributed by atoms with E-state index < -0.39 is 0 Å². The molecule has 0 aliphatic carbocycles. The number of fused-ring (bicyclic) bond motifs is 1. The van der Waals surface area contributed by atoms with E-state index in [1.165, 1.54) is 16.0 Å². The van der Waals surface area contributed by atoms with Crippen LogP contribution in [-0.4, -0.2) is 50.0 Å². The van der Waals surface area contributed by atoms with Gasteiger partial charge in [-0.3, -0.25) is 4.90 Å². The zero-order valence-electron chi connectivity index (χ0n) is 18.5. The lowest BCUT2D eigenvalue weighted by Crippen LogP contribution is -3.24. The van der Waals surface area contributed by atoms with Crippen LogP contribution < -0.4 is 30.0 Å². The van der Waals surface area contributed by atoms with E-state index in [4.69, 9.17) is 9.47 Å². The highest BCUT2D eigenvalue weighted by atomic mass is 16.5. The zero-order valence-corrected chi connectivity index (χ0v) is 18.5. The molecule has 162 valence electrons. The summed E-state index contributed by atoms with van der Waals surface area (Å²) in [5, 5.41) is 7.77. The summed E-state index contributed by atoms with van der Waals surface area (Å²) in [5.74, 6) is 2.95. The number of benzene rings is 2. The Hall–Kier alpha value is -3.39. The van der Waals surface area contributed by atoms with E-state index >= 15 is 0 Å². The summed E-state index contributed by atoms with van der Waals surface area (Å²) in [5.41, 5.74) is 4.35. The molecule has 1 aliphatic heterocycles. The highest BCUT2D eigenvalue weighted by Crippen LogP contribution is 2.27. The summed E-state index contributed by atoms with van der Waals surface area (Å²) in [6, 6.07) is 12.3. The van der Waals surface area contributed by atoms with Gasteiger partial charge >= 0.3 is 5.96 Å². The van der Waals surface area contributed by atoms with Crippen LogP contribution in [0.3, 0.4) is 0 Å². The van der Waals surface area contributed by atoms with E-state index in [9.17, 15) is 0 Å². The van der Waals surface area contributed by atoms with Crippen LogP contribution in [0.5, 0.6) is 11.5 Å². The molecule has 0 amide bonds. The van der Waals surface area contributed by atoms with Crippen molar-refractivity contribution in [3.63, 3.8) is 0 Å². The number of aryl methyl sites for hydroxylation is 2. The summed E-state index contributed by atoms with van der Waals surface area (Å²) < 4.78 is 10.7. The van der Waals surface area contributed by atoms with Crippen LogP contribution in [0.15, 0.2) is 36.4 Å². The minimum atomic E-state index is 0.595. The van der Waals surface area contributed by atoms with Gasteiger partial charge in [-0.2, -0.15) is 4.98 Å². The summed E-state index contributed by atoms with van der Waals surface area (Å²) in [7, 11) is 3.32. The maximum atomic E-state index is 5.40. The van der Waals surface area contributed by atoms with E-state index in [1.54, 1.807) is 14.2 Å². The van der Waals surface area contributed by atoms with E-state index in [0.29, 0.717) is 5.95 Å². The Morgan fingerprint density at radius 2 is 1.90 bits per heavy atom. The molecule has 4 rings (SSSR count). The van der Waals surface area contributed by atoms with Crippen LogP contribution in [0.25, 0.3) is 10.9 Å². The molecule has 0 bridgehead atoms. The van der Waals surface area contributed by atoms with E-state index in [-0.39, 0.29) is 0 Å². The first kappa shape index (κ1) is 20.9. The summed E-state index contributed by atoms with van der Waals surface area (Å²) >= 11 is 0. The smallest absolute Gasteiger partial charge is 0.359 e. The lowest BCUT2D eigenvalue weighted by molar-refractivity contribution is -0.980. The first-order valence-corrected chi connectivity index (χ1v) is 10.5. The molecule has 1 aromatic heterocycles. The first-order valence-electron chi connectivity index (χ1n) is 10.5. The largest absolute Gasteiger partial charge is 0.493 e. The SMILES string of the molecule is COc1ccc(CC[NH+]2CNC(Nc3nc(C)c4cc(C)ccc4n3)=[NH+]C2)cc1OC.